The summed E-state index contributed by atoms with van der Waals surface area (Å²) in [6, 6.07) is 12.2. The number of amides is 2. The summed E-state index contributed by atoms with van der Waals surface area (Å²) in [7, 11) is 3.98. The Bertz CT molecular complexity index is 935. The third kappa shape index (κ3) is 3.49. The molecule has 0 bridgehead atoms. The second-order valence-corrected chi connectivity index (χ2v) is 8.09. The highest BCUT2D eigenvalue weighted by molar-refractivity contribution is 6.03. The van der Waals surface area contributed by atoms with Gasteiger partial charge in [0.2, 0.25) is 11.8 Å². The van der Waals surface area contributed by atoms with Crippen LogP contribution in [0.4, 0.5) is 17.1 Å². The molecule has 1 aliphatic carbocycles. The molecular formula is C23H27N3O2. The molecule has 0 radical (unpaired) electrons. The minimum absolute atomic E-state index is 0.0257. The smallest absolute Gasteiger partial charge is 0.229 e. The van der Waals surface area contributed by atoms with Crippen LogP contribution >= 0.6 is 0 Å². The zero-order valence-corrected chi connectivity index (χ0v) is 16.8. The van der Waals surface area contributed by atoms with E-state index >= 15 is 0 Å². The minimum atomic E-state index is -0.325. The average Bonchev–Trinajstić information content (AvgIpc) is 3.28. The van der Waals surface area contributed by atoms with Crippen LogP contribution < -0.4 is 15.1 Å². The van der Waals surface area contributed by atoms with E-state index in [1.807, 2.05) is 50.2 Å². The van der Waals surface area contributed by atoms with Crippen molar-refractivity contribution in [3.8, 4) is 0 Å². The number of aryl methyl sites for hydroxylation is 3. The van der Waals surface area contributed by atoms with Gasteiger partial charge in [0.15, 0.2) is 0 Å². The van der Waals surface area contributed by atoms with E-state index in [1.54, 1.807) is 4.90 Å². The average molecular weight is 377 g/mol. The third-order valence-electron chi connectivity index (χ3n) is 5.87. The summed E-state index contributed by atoms with van der Waals surface area (Å²) >= 11 is 0. The highest BCUT2D eigenvalue weighted by Crippen LogP contribution is 2.31. The fourth-order valence-corrected chi connectivity index (χ4v) is 4.16. The van der Waals surface area contributed by atoms with Gasteiger partial charge in [-0.05, 0) is 73.2 Å². The monoisotopic (exact) mass is 377 g/mol. The number of carbonyl (C=O) groups excluding carboxylic acids is 2. The highest BCUT2D eigenvalue weighted by atomic mass is 16.2. The van der Waals surface area contributed by atoms with Crippen molar-refractivity contribution in [1.29, 1.82) is 0 Å². The molecule has 1 heterocycles. The number of nitrogens with zero attached hydrogens (tertiary/aromatic N) is 2. The van der Waals surface area contributed by atoms with Crippen molar-refractivity contribution in [2.24, 2.45) is 5.92 Å². The lowest BCUT2D eigenvalue weighted by atomic mass is 10.1. The molecule has 1 saturated heterocycles. The molecule has 0 saturated carbocycles. The highest BCUT2D eigenvalue weighted by Gasteiger charge is 2.35. The van der Waals surface area contributed by atoms with Gasteiger partial charge in [-0.25, -0.2) is 0 Å². The first-order valence-corrected chi connectivity index (χ1v) is 9.93. The standard InChI is InChI=1S/C23H27N3O2/c1-15-11-19(25(2)3)9-10-21(15)24-23(28)18-13-22(27)26(14-18)20-8-7-16-5-4-6-17(16)12-20/h7-12,18H,4-6,13-14H2,1-3H3,(H,24,28). The van der Waals surface area contributed by atoms with Gasteiger partial charge in [-0.3, -0.25) is 9.59 Å². The molecule has 146 valence electrons. The van der Waals surface area contributed by atoms with Crippen LogP contribution in [-0.2, 0) is 22.4 Å². The number of benzene rings is 2. The van der Waals surface area contributed by atoms with Crippen molar-refractivity contribution in [2.45, 2.75) is 32.6 Å². The molecule has 1 atom stereocenters. The Labute approximate surface area is 166 Å². The largest absolute Gasteiger partial charge is 0.378 e. The maximum Gasteiger partial charge on any atom is 0.229 e. The Balaban J connectivity index is 1.46. The van der Waals surface area contributed by atoms with Crippen molar-refractivity contribution in [1.82, 2.24) is 0 Å². The summed E-state index contributed by atoms with van der Waals surface area (Å²) in [5, 5.41) is 3.02. The van der Waals surface area contributed by atoms with Crippen LogP contribution in [0.2, 0.25) is 0 Å². The minimum Gasteiger partial charge on any atom is -0.378 e. The topological polar surface area (TPSA) is 52.7 Å². The number of rotatable bonds is 4. The Morgan fingerprint density at radius 3 is 2.64 bits per heavy atom. The zero-order valence-electron chi connectivity index (χ0n) is 16.8. The first-order chi connectivity index (χ1) is 13.4. The van der Waals surface area contributed by atoms with Gasteiger partial charge in [0.1, 0.15) is 0 Å². The van der Waals surface area contributed by atoms with Gasteiger partial charge < -0.3 is 15.1 Å². The molecule has 0 aromatic heterocycles. The number of hydrogen-bond donors (Lipinski definition) is 1. The fraction of sp³-hybridized carbons (Fsp3) is 0.391. The van der Waals surface area contributed by atoms with Gasteiger partial charge in [-0.1, -0.05) is 6.07 Å². The van der Waals surface area contributed by atoms with Crippen molar-refractivity contribution in [2.75, 3.05) is 35.8 Å². The van der Waals surface area contributed by atoms with Crippen molar-refractivity contribution in [3.63, 3.8) is 0 Å². The molecule has 1 fully saturated rings. The summed E-state index contributed by atoms with van der Waals surface area (Å²) in [5.74, 6) is -0.385. The molecule has 2 amide bonds. The lowest BCUT2D eigenvalue weighted by Gasteiger charge is -2.19. The summed E-state index contributed by atoms with van der Waals surface area (Å²) in [6.07, 6.45) is 3.65. The first kappa shape index (κ1) is 18.5. The molecule has 2 aliphatic rings. The molecule has 4 rings (SSSR count). The lowest BCUT2D eigenvalue weighted by Crippen LogP contribution is -2.28. The molecule has 2 aromatic carbocycles. The maximum atomic E-state index is 12.8. The Kier molecular flexibility index (Phi) is 4.84. The maximum absolute atomic E-state index is 12.8. The molecule has 1 unspecified atom stereocenters. The molecular weight excluding hydrogens is 350 g/mol. The predicted octanol–water partition coefficient (Wildman–Crippen LogP) is 3.54. The molecule has 28 heavy (non-hydrogen) atoms. The number of fused-ring (bicyclic) bond motifs is 1. The third-order valence-corrected chi connectivity index (χ3v) is 5.87. The van der Waals surface area contributed by atoms with Crippen LogP contribution in [0.5, 0.6) is 0 Å². The molecule has 1 aliphatic heterocycles. The normalized spacial score (nSPS) is 18.3. The first-order valence-electron chi connectivity index (χ1n) is 9.93. The lowest BCUT2D eigenvalue weighted by molar-refractivity contribution is -0.122. The van der Waals surface area contributed by atoms with Gasteiger partial charge in [0, 0.05) is 44.1 Å². The van der Waals surface area contributed by atoms with E-state index in [1.165, 1.54) is 17.5 Å². The molecule has 1 N–H and O–H groups in total. The van der Waals surface area contributed by atoms with Crippen molar-refractivity contribution in [3.05, 3.63) is 53.1 Å². The fourth-order valence-electron chi connectivity index (χ4n) is 4.16. The van der Waals surface area contributed by atoms with Crippen molar-refractivity contribution < 1.29 is 9.59 Å². The van der Waals surface area contributed by atoms with Gasteiger partial charge in [-0.15, -0.1) is 0 Å². The molecule has 5 heteroatoms. The quantitative estimate of drug-likeness (QED) is 0.887. The predicted molar refractivity (Wildman–Crippen MR) is 113 cm³/mol. The summed E-state index contributed by atoms with van der Waals surface area (Å²) in [5.41, 5.74) is 6.57. The second kappa shape index (κ2) is 7.30. The van der Waals surface area contributed by atoms with Crippen LogP contribution in [-0.4, -0.2) is 32.5 Å². The van der Waals surface area contributed by atoms with Crippen LogP contribution in [0, 0.1) is 12.8 Å². The van der Waals surface area contributed by atoms with Gasteiger partial charge in [0.25, 0.3) is 0 Å². The Hall–Kier alpha value is -2.82. The van der Waals surface area contributed by atoms with Gasteiger partial charge in [-0.2, -0.15) is 0 Å². The number of nitrogens with one attached hydrogen (secondary N) is 1. The number of carbonyl (C=O) groups is 2. The van der Waals surface area contributed by atoms with E-state index in [0.29, 0.717) is 6.54 Å². The van der Waals surface area contributed by atoms with E-state index in [9.17, 15) is 9.59 Å². The Morgan fingerprint density at radius 1 is 1.11 bits per heavy atom. The van der Waals surface area contributed by atoms with Gasteiger partial charge in [0.05, 0.1) is 5.92 Å². The number of anilines is 3. The second-order valence-electron chi connectivity index (χ2n) is 8.09. The van der Waals surface area contributed by atoms with E-state index < -0.39 is 0 Å². The van der Waals surface area contributed by atoms with Crippen LogP contribution in [0.1, 0.15) is 29.5 Å². The van der Waals surface area contributed by atoms with E-state index in [2.05, 4.69) is 17.4 Å². The molecule has 5 nitrogen and oxygen atoms in total. The zero-order chi connectivity index (χ0) is 19.8. The van der Waals surface area contributed by atoms with Crippen molar-refractivity contribution >= 4 is 28.9 Å². The van der Waals surface area contributed by atoms with Gasteiger partial charge >= 0.3 is 0 Å². The van der Waals surface area contributed by atoms with Crippen LogP contribution in [0.25, 0.3) is 0 Å². The van der Waals surface area contributed by atoms with E-state index in [4.69, 9.17) is 0 Å². The molecule has 2 aromatic rings. The van der Waals surface area contributed by atoms with E-state index in [-0.39, 0.29) is 24.2 Å². The SMILES string of the molecule is Cc1cc(N(C)C)ccc1NC(=O)C1CC(=O)N(c2ccc3c(c2)CCC3)C1. The summed E-state index contributed by atoms with van der Waals surface area (Å²) < 4.78 is 0. The van der Waals surface area contributed by atoms with Crippen LogP contribution in [0.3, 0.4) is 0 Å². The van der Waals surface area contributed by atoms with E-state index in [0.717, 1.165) is 35.5 Å². The summed E-state index contributed by atoms with van der Waals surface area (Å²) in [4.78, 5) is 29.2. The summed E-state index contributed by atoms with van der Waals surface area (Å²) in [6.45, 7) is 2.43. The number of hydrogen-bond acceptors (Lipinski definition) is 3. The molecule has 0 spiro atoms. The van der Waals surface area contributed by atoms with Crippen LogP contribution in [0.15, 0.2) is 36.4 Å². The Morgan fingerprint density at radius 2 is 1.89 bits per heavy atom.